The molecule has 0 saturated heterocycles. The van der Waals surface area contributed by atoms with E-state index in [0.29, 0.717) is 28.3 Å². The first-order chi connectivity index (χ1) is 14.0. The Hall–Kier alpha value is -2.51. The molecule has 0 atom stereocenters. The van der Waals surface area contributed by atoms with Gasteiger partial charge in [0, 0.05) is 17.6 Å². The molecule has 0 radical (unpaired) electrons. The molecule has 0 fully saturated rings. The number of carbonyl (C=O) groups is 1. The average Bonchev–Trinajstić information content (AvgIpc) is 3.18. The second kappa shape index (κ2) is 10.3. The number of hydrogen-bond acceptors (Lipinski definition) is 5. The van der Waals surface area contributed by atoms with Crippen LogP contribution in [0.4, 0.5) is 0 Å². The Labute approximate surface area is 179 Å². The minimum atomic E-state index is 0.0533. The zero-order valence-corrected chi connectivity index (χ0v) is 17.9. The van der Waals surface area contributed by atoms with E-state index in [9.17, 15) is 4.79 Å². The van der Waals surface area contributed by atoms with E-state index < -0.39 is 0 Å². The SMILES string of the molecule is CC(C)N(Cc1ccccc1)C(=O)CSc1n[nH]c(COc2ccc(Cl)cc2)n1. The van der Waals surface area contributed by atoms with Gasteiger partial charge in [0.1, 0.15) is 12.4 Å². The number of nitrogens with zero attached hydrogens (tertiary/aromatic N) is 3. The van der Waals surface area contributed by atoms with Gasteiger partial charge in [0.15, 0.2) is 5.82 Å². The molecule has 0 aliphatic carbocycles. The lowest BCUT2D eigenvalue weighted by molar-refractivity contribution is -0.130. The number of nitrogens with one attached hydrogen (secondary N) is 1. The maximum atomic E-state index is 12.7. The summed E-state index contributed by atoms with van der Waals surface area (Å²) in [5, 5.41) is 8.18. The van der Waals surface area contributed by atoms with Crippen molar-refractivity contribution in [2.75, 3.05) is 5.75 Å². The molecule has 1 N–H and O–H groups in total. The Morgan fingerprint density at radius 3 is 2.59 bits per heavy atom. The Morgan fingerprint density at radius 2 is 1.90 bits per heavy atom. The van der Waals surface area contributed by atoms with Gasteiger partial charge in [-0.1, -0.05) is 53.7 Å². The van der Waals surface area contributed by atoms with E-state index in [0.717, 1.165) is 5.56 Å². The lowest BCUT2D eigenvalue weighted by Gasteiger charge is -2.26. The van der Waals surface area contributed by atoms with Gasteiger partial charge in [-0.25, -0.2) is 4.98 Å². The number of ether oxygens (including phenoxy) is 1. The second-order valence-corrected chi connectivity index (χ2v) is 8.08. The number of benzene rings is 2. The summed E-state index contributed by atoms with van der Waals surface area (Å²) in [6, 6.07) is 17.2. The van der Waals surface area contributed by atoms with Gasteiger partial charge < -0.3 is 9.64 Å². The van der Waals surface area contributed by atoms with E-state index in [4.69, 9.17) is 16.3 Å². The zero-order chi connectivity index (χ0) is 20.6. The van der Waals surface area contributed by atoms with Crippen molar-refractivity contribution < 1.29 is 9.53 Å². The van der Waals surface area contributed by atoms with Gasteiger partial charge in [-0.2, -0.15) is 0 Å². The van der Waals surface area contributed by atoms with Crippen LogP contribution in [0, 0.1) is 0 Å². The minimum absolute atomic E-state index is 0.0533. The van der Waals surface area contributed by atoms with Crippen LogP contribution >= 0.6 is 23.4 Å². The molecule has 152 valence electrons. The molecule has 0 aliphatic heterocycles. The van der Waals surface area contributed by atoms with Crippen LogP contribution in [-0.2, 0) is 17.9 Å². The standard InChI is InChI=1S/C21H23ClN4O2S/c1-15(2)26(12-16-6-4-3-5-7-16)20(27)14-29-21-23-19(24-25-21)13-28-18-10-8-17(22)9-11-18/h3-11,15H,12-14H2,1-2H3,(H,23,24,25). The van der Waals surface area contributed by atoms with Crippen molar-refractivity contribution in [1.29, 1.82) is 0 Å². The molecule has 2 aromatic carbocycles. The highest BCUT2D eigenvalue weighted by atomic mass is 35.5. The number of aromatic amines is 1. The van der Waals surface area contributed by atoms with Gasteiger partial charge in [0.25, 0.3) is 0 Å². The molecular weight excluding hydrogens is 408 g/mol. The maximum Gasteiger partial charge on any atom is 0.233 e. The van der Waals surface area contributed by atoms with Crippen LogP contribution in [0.2, 0.25) is 5.02 Å². The summed E-state index contributed by atoms with van der Waals surface area (Å²) < 4.78 is 5.65. The molecule has 3 aromatic rings. The molecule has 0 spiro atoms. The van der Waals surface area contributed by atoms with Crippen LogP contribution in [0.25, 0.3) is 0 Å². The van der Waals surface area contributed by atoms with Crippen molar-refractivity contribution in [3.8, 4) is 5.75 Å². The van der Waals surface area contributed by atoms with Crippen LogP contribution in [0.3, 0.4) is 0 Å². The maximum absolute atomic E-state index is 12.7. The number of amides is 1. The van der Waals surface area contributed by atoms with Crippen molar-refractivity contribution in [2.45, 2.75) is 38.2 Å². The first-order valence-corrected chi connectivity index (χ1v) is 10.6. The third-order valence-electron chi connectivity index (χ3n) is 4.16. The van der Waals surface area contributed by atoms with Crippen molar-refractivity contribution in [3.63, 3.8) is 0 Å². The fourth-order valence-electron chi connectivity index (χ4n) is 2.64. The highest BCUT2D eigenvalue weighted by molar-refractivity contribution is 7.99. The fourth-order valence-corrected chi connectivity index (χ4v) is 3.47. The summed E-state index contributed by atoms with van der Waals surface area (Å²) in [6.45, 7) is 4.89. The highest BCUT2D eigenvalue weighted by Crippen LogP contribution is 2.18. The molecule has 6 nitrogen and oxygen atoms in total. The van der Waals surface area contributed by atoms with Crippen LogP contribution < -0.4 is 4.74 Å². The van der Waals surface area contributed by atoms with E-state index in [2.05, 4.69) is 15.2 Å². The van der Waals surface area contributed by atoms with E-state index >= 15 is 0 Å². The van der Waals surface area contributed by atoms with Crippen molar-refractivity contribution >= 4 is 29.3 Å². The first kappa shape index (κ1) is 21.2. The lowest BCUT2D eigenvalue weighted by atomic mass is 10.2. The number of halogens is 1. The smallest absolute Gasteiger partial charge is 0.233 e. The Morgan fingerprint density at radius 1 is 1.17 bits per heavy atom. The average molecular weight is 431 g/mol. The summed E-state index contributed by atoms with van der Waals surface area (Å²) in [5.74, 6) is 1.63. The number of thioether (sulfide) groups is 1. The third kappa shape index (κ3) is 6.51. The van der Waals surface area contributed by atoms with Crippen LogP contribution in [0.15, 0.2) is 59.8 Å². The van der Waals surface area contributed by atoms with Gasteiger partial charge in [-0.05, 0) is 43.7 Å². The van der Waals surface area contributed by atoms with E-state index in [1.807, 2.05) is 49.1 Å². The summed E-state index contributed by atoms with van der Waals surface area (Å²) in [7, 11) is 0. The van der Waals surface area contributed by atoms with Gasteiger partial charge >= 0.3 is 0 Å². The molecular formula is C21H23ClN4O2S. The second-order valence-electron chi connectivity index (χ2n) is 6.70. The molecule has 0 saturated carbocycles. The Balaban J connectivity index is 1.50. The molecule has 29 heavy (non-hydrogen) atoms. The number of rotatable bonds is 9. The zero-order valence-electron chi connectivity index (χ0n) is 16.3. The molecule has 0 unspecified atom stereocenters. The highest BCUT2D eigenvalue weighted by Gasteiger charge is 2.18. The lowest BCUT2D eigenvalue weighted by Crippen LogP contribution is -2.37. The summed E-state index contributed by atoms with van der Waals surface area (Å²) >= 11 is 7.17. The third-order valence-corrected chi connectivity index (χ3v) is 5.25. The fraction of sp³-hybridized carbons (Fsp3) is 0.286. The monoisotopic (exact) mass is 430 g/mol. The predicted octanol–water partition coefficient (Wildman–Crippen LogP) is 4.57. The first-order valence-electron chi connectivity index (χ1n) is 9.27. The largest absolute Gasteiger partial charge is 0.486 e. The van der Waals surface area contributed by atoms with Gasteiger partial charge in [-0.3, -0.25) is 9.89 Å². The molecule has 0 bridgehead atoms. The number of carbonyl (C=O) groups excluding carboxylic acids is 1. The number of hydrogen-bond donors (Lipinski definition) is 1. The number of H-pyrrole nitrogens is 1. The summed E-state index contributed by atoms with van der Waals surface area (Å²) in [4.78, 5) is 18.9. The van der Waals surface area contributed by atoms with Crippen molar-refractivity contribution in [3.05, 3.63) is 71.0 Å². The van der Waals surface area contributed by atoms with E-state index in [-0.39, 0.29) is 24.3 Å². The molecule has 1 aromatic heterocycles. The molecule has 3 rings (SSSR count). The molecule has 8 heteroatoms. The Kier molecular flexibility index (Phi) is 7.55. The normalized spacial score (nSPS) is 10.9. The predicted molar refractivity (Wildman–Crippen MR) is 115 cm³/mol. The van der Waals surface area contributed by atoms with E-state index in [1.165, 1.54) is 11.8 Å². The molecule has 1 heterocycles. The van der Waals surface area contributed by atoms with Crippen molar-refractivity contribution in [2.24, 2.45) is 0 Å². The molecule has 1 amide bonds. The quantitative estimate of drug-likeness (QED) is 0.503. The number of aromatic nitrogens is 3. The summed E-state index contributed by atoms with van der Waals surface area (Å²) in [6.07, 6.45) is 0. The summed E-state index contributed by atoms with van der Waals surface area (Å²) in [5.41, 5.74) is 1.11. The van der Waals surface area contributed by atoms with Crippen LogP contribution in [0.1, 0.15) is 25.2 Å². The topological polar surface area (TPSA) is 71.1 Å². The van der Waals surface area contributed by atoms with Crippen LogP contribution in [-0.4, -0.2) is 37.8 Å². The van der Waals surface area contributed by atoms with Gasteiger partial charge in [0.05, 0.1) is 5.75 Å². The van der Waals surface area contributed by atoms with Crippen molar-refractivity contribution in [1.82, 2.24) is 20.1 Å². The van der Waals surface area contributed by atoms with Crippen LogP contribution in [0.5, 0.6) is 5.75 Å². The van der Waals surface area contributed by atoms with Gasteiger partial charge in [0.2, 0.25) is 11.1 Å². The van der Waals surface area contributed by atoms with Gasteiger partial charge in [-0.15, -0.1) is 5.10 Å². The molecule has 0 aliphatic rings. The Bertz CT molecular complexity index is 916. The minimum Gasteiger partial charge on any atom is -0.486 e. The van der Waals surface area contributed by atoms with E-state index in [1.54, 1.807) is 24.3 Å².